The highest BCUT2D eigenvalue weighted by molar-refractivity contribution is 6.04. The van der Waals surface area contributed by atoms with E-state index in [0.717, 1.165) is 30.8 Å². The summed E-state index contributed by atoms with van der Waals surface area (Å²) in [5.41, 5.74) is 1.41. The zero-order valence-electron chi connectivity index (χ0n) is 13.6. The lowest BCUT2D eigenvalue weighted by molar-refractivity contribution is 0.0859. The quantitative estimate of drug-likeness (QED) is 0.760. The predicted octanol–water partition coefficient (Wildman–Crippen LogP) is 4.34. The normalized spacial score (nSPS) is 17.3. The zero-order chi connectivity index (χ0) is 15.4. The fraction of sp³-hybridized carbons (Fsp3) is 0.350. The smallest absolute Gasteiger partial charge is 0.174 e. The number of nitrogens with zero attached hydrogens (tertiary/aromatic N) is 1. The van der Waals surface area contributed by atoms with E-state index in [2.05, 4.69) is 24.0 Å². The number of halogens is 1. The lowest BCUT2D eigenvalue weighted by atomic mass is 9.75. The van der Waals surface area contributed by atoms with Gasteiger partial charge in [-0.15, -0.1) is 12.4 Å². The molecule has 23 heavy (non-hydrogen) atoms. The number of carbonyl (C=O) groups excluding carboxylic acids is 1. The van der Waals surface area contributed by atoms with Gasteiger partial charge in [0.15, 0.2) is 5.78 Å². The van der Waals surface area contributed by atoms with Crippen LogP contribution < -0.4 is 0 Å². The fourth-order valence-electron chi connectivity index (χ4n) is 3.40. The summed E-state index contributed by atoms with van der Waals surface area (Å²) in [5, 5.41) is 0. The number of hydrogen-bond donors (Lipinski definition) is 0. The molecule has 3 heteroatoms. The van der Waals surface area contributed by atoms with Crippen molar-refractivity contribution >= 4 is 18.2 Å². The van der Waals surface area contributed by atoms with E-state index < -0.39 is 5.41 Å². The van der Waals surface area contributed by atoms with Crippen LogP contribution in [-0.4, -0.2) is 30.3 Å². The molecule has 1 heterocycles. The van der Waals surface area contributed by atoms with Crippen molar-refractivity contribution in [1.29, 1.82) is 0 Å². The zero-order valence-corrected chi connectivity index (χ0v) is 14.4. The largest absolute Gasteiger partial charge is 0.302 e. The Morgan fingerprint density at radius 3 is 2.04 bits per heavy atom. The Hall–Kier alpha value is -1.64. The highest BCUT2D eigenvalue weighted by atomic mass is 35.5. The third-order valence-corrected chi connectivity index (χ3v) is 4.69. The summed E-state index contributed by atoms with van der Waals surface area (Å²) in [6.07, 6.45) is 2.48. The molecule has 1 aliphatic rings. The number of hydrogen-bond acceptors (Lipinski definition) is 2. The molecule has 0 N–H and O–H groups in total. The van der Waals surface area contributed by atoms with Gasteiger partial charge in [0, 0.05) is 12.1 Å². The van der Waals surface area contributed by atoms with E-state index in [1.54, 1.807) is 0 Å². The Bertz CT molecular complexity index is 623. The monoisotopic (exact) mass is 329 g/mol. The maximum Gasteiger partial charge on any atom is 0.174 e. The molecular formula is C20H24ClNO. The van der Waals surface area contributed by atoms with Crippen molar-refractivity contribution in [2.45, 2.75) is 25.2 Å². The van der Waals surface area contributed by atoms with E-state index in [4.69, 9.17) is 0 Å². The fourth-order valence-corrected chi connectivity index (χ4v) is 3.40. The molecule has 1 unspecified atom stereocenters. The molecule has 0 bridgehead atoms. The molecule has 3 rings (SSSR count). The predicted molar refractivity (Wildman–Crippen MR) is 97.5 cm³/mol. The second kappa shape index (κ2) is 7.76. The van der Waals surface area contributed by atoms with E-state index in [0.29, 0.717) is 0 Å². The van der Waals surface area contributed by atoms with Gasteiger partial charge in [-0.05, 0) is 38.4 Å². The van der Waals surface area contributed by atoms with Crippen molar-refractivity contribution in [3.05, 3.63) is 71.8 Å². The summed E-state index contributed by atoms with van der Waals surface area (Å²) in [5.74, 6) is 0.214. The number of rotatable bonds is 5. The molecule has 2 aromatic carbocycles. The first-order valence-corrected chi connectivity index (χ1v) is 8.08. The molecule has 0 spiro atoms. The molecule has 1 fully saturated rings. The van der Waals surface area contributed by atoms with Crippen molar-refractivity contribution in [3.8, 4) is 0 Å². The van der Waals surface area contributed by atoms with Crippen LogP contribution in [0.2, 0.25) is 0 Å². The van der Waals surface area contributed by atoms with Gasteiger partial charge in [0.05, 0.1) is 5.41 Å². The third kappa shape index (κ3) is 3.82. The van der Waals surface area contributed by atoms with Gasteiger partial charge in [-0.25, -0.2) is 0 Å². The summed E-state index contributed by atoms with van der Waals surface area (Å²) in [7, 11) is 0. The van der Waals surface area contributed by atoms with Crippen molar-refractivity contribution in [1.82, 2.24) is 4.90 Å². The van der Waals surface area contributed by atoms with Crippen molar-refractivity contribution in [2.24, 2.45) is 0 Å². The minimum atomic E-state index is -0.493. The maximum absolute atomic E-state index is 13.2. The van der Waals surface area contributed by atoms with Gasteiger partial charge < -0.3 is 4.90 Å². The van der Waals surface area contributed by atoms with Crippen LogP contribution in [0.4, 0.5) is 0 Å². The van der Waals surface area contributed by atoms with Crippen molar-refractivity contribution in [2.75, 3.05) is 19.6 Å². The van der Waals surface area contributed by atoms with Crippen LogP contribution in [0, 0.1) is 0 Å². The van der Waals surface area contributed by atoms with Crippen molar-refractivity contribution < 1.29 is 4.79 Å². The Morgan fingerprint density at radius 2 is 1.48 bits per heavy atom. The number of likely N-dealkylation sites (tertiary alicyclic amines) is 1. The topological polar surface area (TPSA) is 20.3 Å². The molecular weight excluding hydrogens is 306 g/mol. The molecule has 2 aromatic rings. The molecule has 0 aromatic heterocycles. The number of ketones is 1. The molecule has 0 radical (unpaired) electrons. The van der Waals surface area contributed by atoms with Gasteiger partial charge in [0.1, 0.15) is 0 Å². The van der Waals surface area contributed by atoms with Crippen LogP contribution in [0.15, 0.2) is 60.7 Å². The van der Waals surface area contributed by atoms with Gasteiger partial charge in [0.25, 0.3) is 0 Å². The molecule has 1 atom stereocenters. The molecule has 122 valence electrons. The highest BCUT2D eigenvalue weighted by Crippen LogP contribution is 2.30. The Kier molecular flexibility index (Phi) is 5.97. The summed E-state index contributed by atoms with van der Waals surface area (Å²) in [4.78, 5) is 15.7. The van der Waals surface area contributed by atoms with E-state index in [1.165, 1.54) is 12.8 Å². The van der Waals surface area contributed by atoms with Crippen LogP contribution in [0.3, 0.4) is 0 Å². The van der Waals surface area contributed by atoms with Crippen molar-refractivity contribution in [3.63, 3.8) is 0 Å². The SMILES string of the molecule is CC(CN1CCCC1)(C(=O)c1ccccc1)c1ccccc1.Cl. The first kappa shape index (κ1) is 17.7. The number of Topliss-reactive ketones (excluding diaryl/α,β-unsaturated/α-hetero) is 1. The van der Waals surface area contributed by atoms with E-state index in [-0.39, 0.29) is 18.2 Å². The molecule has 0 amide bonds. The molecule has 2 nitrogen and oxygen atoms in total. The van der Waals surface area contributed by atoms with Gasteiger partial charge in [0.2, 0.25) is 0 Å². The average molecular weight is 330 g/mol. The first-order valence-electron chi connectivity index (χ1n) is 8.08. The van der Waals surface area contributed by atoms with Crippen LogP contribution in [0.5, 0.6) is 0 Å². The van der Waals surface area contributed by atoms with Crippen LogP contribution >= 0.6 is 12.4 Å². The van der Waals surface area contributed by atoms with Gasteiger partial charge >= 0.3 is 0 Å². The Morgan fingerprint density at radius 1 is 0.957 bits per heavy atom. The van der Waals surface area contributed by atoms with E-state index in [1.807, 2.05) is 48.5 Å². The Labute approximate surface area is 144 Å². The molecule has 0 aliphatic carbocycles. The van der Waals surface area contributed by atoms with Gasteiger partial charge in [-0.3, -0.25) is 4.79 Å². The van der Waals surface area contributed by atoms with E-state index in [9.17, 15) is 4.79 Å². The van der Waals surface area contributed by atoms with Crippen LogP contribution in [0.25, 0.3) is 0 Å². The maximum atomic E-state index is 13.2. The lowest BCUT2D eigenvalue weighted by Crippen LogP contribution is -2.43. The van der Waals surface area contributed by atoms with Gasteiger partial charge in [-0.1, -0.05) is 60.7 Å². The summed E-state index contributed by atoms with van der Waals surface area (Å²) in [6.45, 7) is 5.09. The van der Waals surface area contributed by atoms with Gasteiger partial charge in [-0.2, -0.15) is 0 Å². The van der Waals surface area contributed by atoms with Crippen LogP contribution in [-0.2, 0) is 5.41 Å². The standard InChI is InChI=1S/C20H23NO.ClH/c1-20(16-21-14-8-9-15-21,18-12-6-3-7-13-18)19(22)17-10-4-2-5-11-17;/h2-7,10-13H,8-9,14-16H2,1H3;1H. The number of carbonyl (C=O) groups is 1. The minimum absolute atomic E-state index is 0. The number of benzene rings is 2. The molecule has 1 saturated heterocycles. The second-order valence-corrected chi connectivity index (χ2v) is 6.38. The summed E-state index contributed by atoms with van der Waals surface area (Å²) in [6, 6.07) is 19.9. The van der Waals surface area contributed by atoms with E-state index >= 15 is 0 Å². The lowest BCUT2D eigenvalue weighted by Gasteiger charge is -2.33. The minimum Gasteiger partial charge on any atom is -0.302 e. The highest BCUT2D eigenvalue weighted by Gasteiger charge is 2.37. The average Bonchev–Trinajstić information content (AvgIpc) is 3.08. The first-order chi connectivity index (χ1) is 10.7. The summed E-state index contributed by atoms with van der Waals surface area (Å²) < 4.78 is 0. The summed E-state index contributed by atoms with van der Waals surface area (Å²) >= 11 is 0. The molecule has 0 saturated carbocycles. The second-order valence-electron chi connectivity index (χ2n) is 6.38. The van der Waals surface area contributed by atoms with Crippen LogP contribution in [0.1, 0.15) is 35.7 Å². The third-order valence-electron chi connectivity index (χ3n) is 4.69. The molecule has 1 aliphatic heterocycles. The Balaban J connectivity index is 0.00000192.